The van der Waals surface area contributed by atoms with E-state index in [-0.39, 0.29) is 0 Å². The van der Waals surface area contributed by atoms with Gasteiger partial charge in [0.2, 0.25) is 0 Å². The third-order valence-corrected chi connectivity index (χ3v) is 4.16. The van der Waals surface area contributed by atoms with Crippen LogP contribution in [0, 0.1) is 5.92 Å². The van der Waals surface area contributed by atoms with Crippen molar-refractivity contribution >= 4 is 15.9 Å². The minimum absolute atomic E-state index is 0.666. The summed E-state index contributed by atoms with van der Waals surface area (Å²) in [6.07, 6.45) is 5.32. The van der Waals surface area contributed by atoms with E-state index in [1.54, 1.807) is 0 Å². The molecule has 1 saturated heterocycles. The van der Waals surface area contributed by atoms with Gasteiger partial charge in [-0.2, -0.15) is 5.10 Å². The summed E-state index contributed by atoms with van der Waals surface area (Å²) >= 11 is 3.76. The van der Waals surface area contributed by atoms with Crippen molar-refractivity contribution in [3.8, 4) is 0 Å². The highest BCUT2D eigenvalue weighted by atomic mass is 79.9. The number of halogens is 1. The Balaban J connectivity index is 1.92. The maximum Gasteiger partial charge on any atom is 0.0534 e. The van der Waals surface area contributed by atoms with Crippen molar-refractivity contribution in [2.45, 2.75) is 24.7 Å². The molecule has 1 fully saturated rings. The van der Waals surface area contributed by atoms with Crippen LogP contribution in [-0.2, 0) is 13.6 Å². The standard InChI is InChI=1S/C11H18BrN3/c1-3-10-7-15(8-11(10)12)6-9-4-13-14(2)5-9/h4-5,10-11H,3,6-8H2,1-2H3. The summed E-state index contributed by atoms with van der Waals surface area (Å²) in [7, 11) is 1.97. The number of aromatic nitrogens is 2. The van der Waals surface area contributed by atoms with Crippen molar-refractivity contribution in [2.24, 2.45) is 13.0 Å². The number of rotatable bonds is 3. The molecule has 2 rings (SSSR count). The molecular weight excluding hydrogens is 254 g/mol. The molecule has 1 aliphatic rings. The normalized spacial score (nSPS) is 27.4. The molecule has 0 saturated carbocycles. The Bertz CT molecular complexity index is 323. The average molecular weight is 272 g/mol. The molecule has 15 heavy (non-hydrogen) atoms. The molecule has 1 aliphatic heterocycles. The van der Waals surface area contributed by atoms with Gasteiger partial charge in [0, 0.05) is 43.3 Å². The Hall–Kier alpha value is -0.350. The second-order valence-corrected chi connectivity index (χ2v) is 5.58. The molecule has 0 bridgehead atoms. The smallest absolute Gasteiger partial charge is 0.0534 e. The molecule has 2 atom stereocenters. The summed E-state index contributed by atoms with van der Waals surface area (Å²) in [6, 6.07) is 0. The lowest BCUT2D eigenvalue weighted by molar-refractivity contribution is 0.315. The number of hydrogen-bond donors (Lipinski definition) is 0. The average Bonchev–Trinajstić information content (AvgIpc) is 2.73. The van der Waals surface area contributed by atoms with E-state index in [4.69, 9.17) is 0 Å². The van der Waals surface area contributed by atoms with Crippen LogP contribution < -0.4 is 0 Å². The molecule has 2 unspecified atom stereocenters. The van der Waals surface area contributed by atoms with Crippen LogP contribution in [0.25, 0.3) is 0 Å². The number of likely N-dealkylation sites (tertiary alicyclic amines) is 1. The molecule has 0 amide bonds. The predicted octanol–water partition coefficient (Wildman–Crippen LogP) is 2.03. The van der Waals surface area contributed by atoms with E-state index in [1.165, 1.54) is 18.5 Å². The van der Waals surface area contributed by atoms with Crippen LogP contribution in [0.15, 0.2) is 12.4 Å². The minimum Gasteiger partial charge on any atom is -0.298 e. The highest BCUT2D eigenvalue weighted by molar-refractivity contribution is 9.09. The number of nitrogens with zero attached hydrogens (tertiary/aromatic N) is 3. The van der Waals surface area contributed by atoms with Crippen LogP contribution in [0.1, 0.15) is 18.9 Å². The lowest BCUT2D eigenvalue weighted by Gasteiger charge is -2.13. The Labute approximate surface area is 99.6 Å². The molecule has 0 N–H and O–H groups in total. The zero-order valence-corrected chi connectivity index (χ0v) is 10.9. The monoisotopic (exact) mass is 271 g/mol. The Morgan fingerprint density at radius 1 is 1.53 bits per heavy atom. The Morgan fingerprint density at radius 3 is 2.87 bits per heavy atom. The largest absolute Gasteiger partial charge is 0.298 e. The van der Waals surface area contributed by atoms with E-state index < -0.39 is 0 Å². The lowest BCUT2D eigenvalue weighted by Crippen LogP contribution is -2.20. The topological polar surface area (TPSA) is 21.1 Å². The summed E-state index contributed by atoms with van der Waals surface area (Å²) in [5, 5.41) is 4.20. The first-order chi connectivity index (χ1) is 7.19. The SMILES string of the molecule is CCC1CN(Cc2cnn(C)c2)CC1Br. The minimum atomic E-state index is 0.666. The van der Waals surface area contributed by atoms with E-state index in [0.29, 0.717) is 4.83 Å². The fourth-order valence-electron chi connectivity index (χ4n) is 2.24. The first kappa shape index (κ1) is 11.1. The lowest BCUT2D eigenvalue weighted by atomic mass is 10.1. The molecule has 1 aromatic rings. The quantitative estimate of drug-likeness (QED) is 0.785. The summed E-state index contributed by atoms with van der Waals surface area (Å²) in [4.78, 5) is 3.17. The molecule has 4 heteroatoms. The van der Waals surface area contributed by atoms with Gasteiger partial charge >= 0.3 is 0 Å². The van der Waals surface area contributed by atoms with Gasteiger partial charge in [-0.3, -0.25) is 9.58 Å². The zero-order valence-electron chi connectivity index (χ0n) is 9.36. The first-order valence-electron chi connectivity index (χ1n) is 5.53. The van der Waals surface area contributed by atoms with E-state index in [1.807, 2.05) is 17.9 Å². The molecule has 0 spiro atoms. The second kappa shape index (κ2) is 4.66. The third kappa shape index (κ3) is 2.61. The maximum absolute atomic E-state index is 4.20. The van der Waals surface area contributed by atoms with Crippen LogP contribution in [0.3, 0.4) is 0 Å². The highest BCUT2D eigenvalue weighted by Gasteiger charge is 2.29. The number of alkyl halides is 1. The molecule has 0 aromatic carbocycles. The van der Waals surface area contributed by atoms with E-state index in [0.717, 1.165) is 19.0 Å². The first-order valence-corrected chi connectivity index (χ1v) is 6.44. The van der Waals surface area contributed by atoms with Crippen molar-refractivity contribution in [2.75, 3.05) is 13.1 Å². The molecule has 0 radical (unpaired) electrons. The van der Waals surface area contributed by atoms with Crippen LogP contribution in [-0.4, -0.2) is 32.6 Å². The maximum atomic E-state index is 4.20. The zero-order chi connectivity index (χ0) is 10.8. The fraction of sp³-hybridized carbons (Fsp3) is 0.727. The van der Waals surface area contributed by atoms with Gasteiger partial charge in [-0.05, 0) is 5.92 Å². The van der Waals surface area contributed by atoms with Gasteiger partial charge in [0.15, 0.2) is 0 Å². The van der Waals surface area contributed by atoms with E-state index >= 15 is 0 Å². The van der Waals surface area contributed by atoms with Gasteiger partial charge in [-0.15, -0.1) is 0 Å². The molecule has 1 aromatic heterocycles. The van der Waals surface area contributed by atoms with Crippen LogP contribution >= 0.6 is 15.9 Å². The van der Waals surface area contributed by atoms with Crippen molar-refractivity contribution in [1.82, 2.24) is 14.7 Å². The van der Waals surface area contributed by atoms with Crippen molar-refractivity contribution in [3.63, 3.8) is 0 Å². The van der Waals surface area contributed by atoms with E-state index in [2.05, 4.69) is 39.0 Å². The van der Waals surface area contributed by atoms with Gasteiger partial charge in [-0.1, -0.05) is 29.3 Å². The summed E-state index contributed by atoms with van der Waals surface area (Å²) < 4.78 is 1.87. The van der Waals surface area contributed by atoms with Gasteiger partial charge in [0.25, 0.3) is 0 Å². The number of hydrogen-bond acceptors (Lipinski definition) is 2. The van der Waals surface area contributed by atoms with Crippen LogP contribution in [0.5, 0.6) is 0 Å². The van der Waals surface area contributed by atoms with Gasteiger partial charge in [0.1, 0.15) is 0 Å². The molecule has 0 aliphatic carbocycles. The highest BCUT2D eigenvalue weighted by Crippen LogP contribution is 2.27. The van der Waals surface area contributed by atoms with Crippen LogP contribution in [0.4, 0.5) is 0 Å². The summed E-state index contributed by atoms with van der Waals surface area (Å²) in [6.45, 7) is 5.67. The molecule has 2 heterocycles. The van der Waals surface area contributed by atoms with Gasteiger partial charge < -0.3 is 0 Å². The van der Waals surface area contributed by atoms with Crippen molar-refractivity contribution in [1.29, 1.82) is 0 Å². The number of aryl methyl sites for hydroxylation is 1. The van der Waals surface area contributed by atoms with Crippen LogP contribution in [0.2, 0.25) is 0 Å². The molecule has 84 valence electrons. The Morgan fingerprint density at radius 2 is 2.33 bits per heavy atom. The molecular formula is C11H18BrN3. The fourth-order valence-corrected chi connectivity index (χ4v) is 3.19. The van der Waals surface area contributed by atoms with Gasteiger partial charge in [0.05, 0.1) is 6.20 Å². The predicted molar refractivity (Wildman–Crippen MR) is 65.0 cm³/mol. The third-order valence-electron chi connectivity index (χ3n) is 3.13. The summed E-state index contributed by atoms with van der Waals surface area (Å²) in [5.41, 5.74) is 1.31. The van der Waals surface area contributed by atoms with Gasteiger partial charge in [-0.25, -0.2) is 0 Å². The molecule has 3 nitrogen and oxygen atoms in total. The van der Waals surface area contributed by atoms with E-state index in [9.17, 15) is 0 Å². The summed E-state index contributed by atoms with van der Waals surface area (Å²) in [5.74, 6) is 0.807. The Kier molecular flexibility index (Phi) is 3.46. The van der Waals surface area contributed by atoms with Crippen molar-refractivity contribution in [3.05, 3.63) is 18.0 Å². The van der Waals surface area contributed by atoms with Crippen molar-refractivity contribution < 1.29 is 0 Å². The second-order valence-electron chi connectivity index (χ2n) is 4.40.